The summed E-state index contributed by atoms with van der Waals surface area (Å²) in [6.45, 7) is 2.58. The van der Waals surface area contributed by atoms with Crippen LogP contribution in [0.25, 0.3) is 11.1 Å². The highest BCUT2D eigenvalue weighted by Gasteiger charge is 2.50. The Morgan fingerprint density at radius 2 is 1.97 bits per heavy atom. The summed E-state index contributed by atoms with van der Waals surface area (Å²) in [5.41, 5.74) is 2.41. The number of hydrogen-bond donors (Lipinski definition) is 1. The summed E-state index contributed by atoms with van der Waals surface area (Å²) in [5, 5.41) is 3.48. The lowest BCUT2D eigenvalue weighted by atomic mass is 9.96. The summed E-state index contributed by atoms with van der Waals surface area (Å²) in [6.07, 6.45) is -2.43. The number of hydrogen-bond acceptors (Lipinski definition) is 4. The fourth-order valence-corrected chi connectivity index (χ4v) is 4.30. The quantitative estimate of drug-likeness (QED) is 0.767. The minimum absolute atomic E-state index is 0. The molecule has 2 saturated heterocycles. The van der Waals surface area contributed by atoms with E-state index in [1.165, 1.54) is 18.2 Å². The first kappa shape index (κ1) is 22.4. The van der Waals surface area contributed by atoms with E-state index in [1.807, 2.05) is 26.1 Å². The van der Waals surface area contributed by atoms with E-state index in [1.54, 1.807) is 11.0 Å². The van der Waals surface area contributed by atoms with Crippen LogP contribution < -0.4 is 10.1 Å². The summed E-state index contributed by atoms with van der Waals surface area (Å²) in [4.78, 5) is 18.9. The number of ether oxygens (including phenoxy) is 1. The number of halogens is 4. The van der Waals surface area contributed by atoms with Crippen LogP contribution in [0, 0.1) is 6.92 Å². The summed E-state index contributed by atoms with van der Waals surface area (Å²) >= 11 is 0. The molecule has 2 atom stereocenters. The molecule has 1 spiro atoms. The molecule has 162 valence electrons. The lowest BCUT2D eigenvalue weighted by Gasteiger charge is -2.23. The summed E-state index contributed by atoms with van der Waals surface area (Å²) in [6, 6.07) is 9.54. The van der Waals surface area contributed by atoms with Crippen molar-refractivity contribution in [3.63, 3.8) is 0 Å². The molecule has 1 amide bonds. The molecule has 0 saturated carbocycles. The SMILES string of the molecule is Cc1cc(-c2cccc(OC(F)(F)F)c2)cc([C@@H]2CC[C@]3(CCN(C)C3=O)N2)n1.Cl. The number of aromatic nitrogens is 1. The highest BCUT2D eigenvalue weighted by atomic mass is 35.5. The van der Waals surface area contributed by atoms with Crippen LogP contribution in [0.1, 0.15) is 36.7 Å². The van der Waals surface area contributed by atoms with Gasteiger partial charge in [-0.2, -0.15) is 0 Å². The number of alkyl halides is 3. The number of likely N-dealkylation sites (N-methyl/N-ethyl adjacent to an activating group) is 1. The van der Waals surface area contributed by atoms with Gasteiger partial charge >= 0.3 is 6.36 Å². The van der Waals surface area contributed by atoms with E-state index >= 15 is 0 Å². The molecule has 1 aromatic carbocycles. The van der Waals surface area contributed by atoms with E-state index in [-0.39, 0.29) is 30.1 Å². The van der Waals surface area contributed by atoms with Crippen LogP contribution in [-0.4, -0.2) is 41.3 Å². The topological polar surface area (TPSA) is 54.5 Å². The zero-order chi connectivity index (χ0) is 20.8. The van der Waals surface area contributed by atoms with Gasteiger partial charge in [0.1, 0.15) is 11.3 Å². The normalized spacial score (nSPS) is 23.7. The predicted molar refractivity (Wildman–Crippen MR) is 108 cm³/mol. The molecular weight excluding hydrogens is 419 g/mol. The number of carbonyl (C=O) groups is 1. The van der Waals surface area contributed by atoms with Crippen LogP contribution in [0.15, 0.2) is 36.4 Å². The van der Waals surface area contributed by atoms with Gasteiger partial charge in [0.2, 0.25) is 5.91 Å². The van der Waals surface area contributed by atoms with Crippen LogP contribution >= 0.6 is 12.4 Å². The maximum Gasteiger partial charge on any atom is 0.573 e. The fourth-order valence-electron chi connectivity index (χ4n) is 4.30. The van der Waals surface area contributed by atoms with Crippen LogP contribution in [0.5, 0.6) is 5.75 Å². The number of nitrogens with one attached hydrogen (secondary N) is 1. The van der Waals surface area contributed by atoms with Crippen molar-refractivity contribution < 1.29 is 22.7 Å². The zero-order valence-corrected chi connectivity index (χ0v) is 17.4. The first-order valence-electron chi connectivity index (χ1n) is 9.53. The van der Waals surface area contributed by atoms with Gasteiger partial charge in [-0.15, -0.1) is 25.6 Å². The average molecular weight is 442 g/mol. The molecule has 9 heteroatoms. The van der Waals surface area contributed by atoms with Gasteiger partial charge < -0.3 is 9.64 Å². The molecule has 2 aliphatic rings. The van der Waals surface area contributed by atoms with Gasteiger partial charge in [-0.25, -0.2) is 0 Å². The van der Waals surface area contributed by atoms with Crippen molar-refractivity contribution in [3.05, 3.63) is 47.8 Å². The number of benzene rings is 1. The van der Waals surface area contributed by atoms with Gasteiger partial charge in [-0.3, -0.25) is 15.1 Å². The molecule has 30 heavy (non-hydrogen) atoms. The minimum atomic E-state index is -4.74. The summed E-state index contributed by atoms with van der Waals surface area (Å²) < 4.78 is 41.7. The van der Waals surface area contributed by atoms with Gasteiger partial charge in [0, 0.05) is 19.3 Å². The van der Waals surface area contributed by atoms with Crippen molar-refractivity contribution in [1.29, 1.82) is 0 Å². The second kappa shape index (κ2) is 8.07. The van der Waals surface area contributed by atoms with Crippen molar-refractivity contribution in [1.82, 2.24) is 15.2 Å². The molecular formula is C21H23ClF3N3O2. The van der Waals surface area contributed by atoms with E-state index < -0.39 is 11.9 Å². The number of aryl methyl sites for hydroxylation is 1. The lowest BCUT2D eigenvalue weighted by Crippen LogP contribution is -2.47. The maximum absolute atomic E-state index is 12.6. The Bertz CT molecular complexity index is 953. The molecule has 0 aliphatic carbocycles. The number of carbonyl (C=O) groups excluding carboxylic acids is 1. The third-order valence-electron chi connectivity index (χ3n) is 5.67. The molecule has 2 aromatic rings. The van der Waals surface area contributed by atoms with Gasteiger partial charge in [-0.1, -0.05) is 12.1 Å². The zero-order valence-electron chi connectivity index (χ0n) is 16.6. The standard InChI is InChI=1S/C21H22F3N3O2.ClH/c1-13-10-15(14-4-3-5-16(11-14)29-21(22,23)24)12-18(25-13)17-6-7-20(26-17)8-9-27(2)19(20)28;/h3-5,10-12,17,26H,6-9H2,1-2H3;1H/t17-,20+;/m0./s1. The summed E-state index contributed by atoms with van der Waals surface area (Å²) in [7, 11) is 1.81. The number of pyridine rings is 1. The minimum Gasteiger partial charge on any atom is -0.406 e. The van der Waals surface area contributed by atoms with Crippen molar-refractivity contribution in [2.24, 2.45) is 0 Å². The third kappa shape index (κ3) is 4.39. The molecule has 2 fully saturated rings. The molecule has 0 radical (unpaired) electrons. The third-order valence-corrected chi connectivity index (χ3v) is 5.67. The average Bonchev–Trinajstić information content (AvgIpc) is 3.20. The fraction of sp³-hybridized carbons (Fsp3) is 0.429. The highest BCUT2D eigenvalue weighted by Crippen LogP contribution is 2.39. The molecule has 5 nitrogen and oxygen atoms in total. The van der Waals surface area contributed by atoms with Gasteiger partial charge in [0.05, 0.1) is 11.7 Å². The second-order valence-corrected chi connectivity index (χ2v) is 7.79. The maximum atomic E-state index is 12.6. The molecule has 1 aromatic heterocycles. The Hall–Kier alpha value is -2.32. The molecule has 0 unspecified atom stereocenters. The van der Waals surface area contributed by atoms with Crippen molar-refractivity contribution >= 4 is 18.3 Å². The Kier molecular flexibility index (Phi) is 6.02. The first-order chi connectivity index (χ1) is 13.7. The van der Waals surface area contributed by atoms with E-state index in [4.69, 9.17) is 0 Å². The number of nitrogens with zero attached hydrogens (tertiary/aromatic N) is 2. The molecule has 2 aliphatic heterocycles. The largest absolute Gasteiger partial charge is 0.573 e. The predicted octanol–water partition coefficient (Wildman–Crippen LogP) is 4.40. The smallest absolute Gasteiger partial charge is 0.406 e. The lowest BCUT2D eigenvalue weighted by molar-refractivity contribution is -0.274. The van der Waals surface area contributed by atoms with E-state index in [0.717, 1.165) is 42.8 Å². The Morgan fingerprint density at radius 3 is 2.63 bits per heavy atom. The van der Waals surface area contributed by atoms with Crippen LogP contribution in [-0.2, 0) is 4.79 Å². The first-order valence-corrected chi connectivity index (χ1v) is 9.53. The molecule has 4 rings (SSSR count). The second-order valence-electron chi connectivity index (χ2n) is 7.79. The van der Waals surface area contributed by atoms with Gasteiger partial charge in [-0.05, 0) is 61.6 Å². The van der Waals surface area contributed by atoms with E-state index in [0.29, 0.717) is 5.56 Å². The van der Waals surface area contributed by atoms with Crippen molar-refractivity contribution in [3.8, 4) is 16.9 Å². The Balaban J connectivity index is 0.00000256. The van der Waals surface area contributed by atoms with Crippen molar-refractivity contribution in [2.75, 3.05) is 13.6 Å². The monoisotopic (exact) mass is 441 g/mol. The summed E-state index contributed by atoms with van der Waals surface area (Å²) in [5.74, 6) is -0.145. The highest BCUT2D eigenvalue weighted by molar-refractivity contribution is 5.88. The van der Waals surface area contributed by atoms with Crippen LogP contribution in [0.3, 0.4) is 0 Å². The van der Waals surface area contributed by atoms with E-state index in [9.17, 15) is 18.0 Å². The van der Waals surface area contributed by atoms with E-state index in [2.05, 4.69) is 15.0 Å². The Labute approximate surface area is 179 Å². The molecule has 1 N–H and O–H groups in total. The Morgan fingerprint density at radius 1 is 1.20 bits per heavy atom. The van der Waals surface area contributed by atoms with Gasteiger partial charge in [0.15, 0.2) is 0 Å². The van der Waals surface area contributed by atoms with Crippen molar-refractivity contribution in [2.45, 2.75) is 44.1 Å². The van der Waals surface area contributed by atoms with Crippen LogP contribution in [0.2, 0.25) is 0 Å². The number of likely N-dealkylation sites (tertiary alicyclic amines) is 1. The number of amides is 1. The molecule has 0 bridgehead atoms. The van der Waals surface area contributed by atoms with Gasteiger partial charge in [0.25, 0.3) is 0 Å². The number of rotatable bonds is 3. The van der Waals surface area contributed by atoms with Crippen LogP contribution in [0.4, 0.5) is 13.2 Å². The molecule has 3 heterocycles.